The van der Waals surface area contributed by atoms with Gasteiger partial charge in [-0.2, -0.15) is 0 Å². The van der Waals surface area contributed by atoms with Gasteiger partial charge in [0.25, 0.3) is 0 Å². The third kappa shape index (κ3) is 3.27. The Hall–Kier alpha value is -1.96. The van der Waals surface area contributed by atoms with Crippen LogP contribution in [0.3, 0.4) is 0 Å². The number of hydrogen-bond donors (Lipinski definition) is 0. The van der Waals surface area contributed by atoms with Gasteiger partial charge in [0, 0.05) is 10.0 Å². The minimum absolute atomic E-state index is 0.985. The van der Waals surface area contributed by atoms with Crippen LogP contribution in [0.25, 0.3) is 11.1 Å². The lowest BCUT2D eigenvalue weighted by Crippen LogP contribution is -1.79. The quantitative estimate of drug-likeness (QED) is 0.680. The van der Waals surface area contributed by atoms with Crippen LogP contribution in [0.15, 0.2) is 53.0 Å². The van der Waals surface area contributed by atoms with Crippen LogP contribution < -0.4 is 0 Å². The highest BCUT2D eigenvalue weighted by Gasteiger charge is 1.96. The zero-order valence-corrected chi connectivity index (χ0v) is 11.6. The maximum atomic E-state index is 3.43. The Kier molecular flexibility index (Phi) is 4.24. The van der Waals surface area contributed by atoms with Crippen molar-refractivity contribution < 1.29 is 0 Å². The summed E-state index contributed by atoms with van der Waals surface area (Å²) in [7, 11) is 0. The second-order valence-corrected chi connectivity index (χ2v) is 4.62. The van der Waals surface area contributed by atoms with Crippen molar-refractivity contribution in [2.24, 2.45) is 0 Å². The van der Waals surface area contributed by atoms with E-state index in [1.165, 1.54) is 11.1 Å². The molecule has 0 atom stereocenters. The molecule has 2 aromatic carbocycles. The molecule has 0 spiro atoms. The molecular formula is C17H11Br. The van der Waals surface area contributed by atoms with Gasteiger partial charge in [-0.1, -0.05) is 52.0 Å². The fourth-order valence-electron chi connectivity index (χ4n) is 1.55. The largest absolute Gasteiger partial charge is 0.0925 e. The van der Waals surface area contributed by atoms with Gasteiger partial charge in [0.05, 0.1) is 0 Å². The van der Waals surface area contributed by atoms with Crippen LogP contribution in [0.1, 0.15) is 12.5 Å². The highest BCUT2D eigenvalue weighted by molar-refractivity contribution is 9.10. The van der Waals surface area contributed by atoms with Gasteiger partial charge in [-0.05, 0) is 54.2 Å². The monoisotopic (exact) mass is 294 g/mol. The molecule has 0 saturated carbocycles. The molecular weight excluding hydrogens is 284 g/mol. The SMILES string of the molecule is CC#CC#Cc1ccc(-c2ccc(Br)cc2)cc1. The summed E-state index contributed by atoms with van der Waals surface area (Å²) >= 11 is 3.43. The minimum Gasteiger partial charge on any atom is -0.0925 e. The summed E-state index contributed by atoms with van der Waals surface area (Å²) in [6.45, 7) is 1.78. The first kappa shape index (κ1) is 12.5. The summed E-state index contributed by atoms with van der Waals surface area (Å²) in [5, 5.41) is 0. The van der Waals surface area contributed by atoms with Crippen LogP contribution in [0.2, 0.25) is 0 Å². The van der Waals surface area contributed by atoms with E-state index in [1.54, 1.807) is 6.92 Å². The van der Waals surface area contributed by atoms with Gasteiger partial charge in [-0.3, -0.25) is 0 Å². The molecule has 0 amide bonds. The summed E-state index contributed by atoms with van der Waals surface area (Å²) in [5.74, 6) is 11.3. The van der Waals surface area contributed by atoms with Crippen molar-refractivity contribution in [1.82, 2.24) is 0 Å². The van der Waals surface area contributed by atoms with E-state index in [9.17, 15) is 0 Å². The zero-order chi connectivity index (χ0) is 12.8. The molecule has 1 heteroatoms. The number of benzene rings is 2. The first-order valence-corrected chi connectivity index (χ1v) is 6.37. The average Bonchev–Trinajstić information content (AvgIpc) is 2.41. The van der Waals surface area contributed by atoms with Crippen molar-refractivity contribution >= 4 is 15.9 Å². The van der Waals surface area contributed by atoms with E-state index < -0.39 is 0 Å². The van der Waals surface area contributed by atoms with E-state index >= 15 is 0 Å². The average molecular weight is 295 g/mol. The molecule has 2 rings (SSSR count). The standard InChI is InChI=1S/C17H11Br/c1-2-3-4-5-14-6-8-15(9-7-14)16-10-12-17(18)13-11-16/h6-13H,1H3. The van der Waals surface area contributed by atoms with E-state index in [4.69, 9.17) is 0 Å². The maximum Gasteiger partial charge on any atom is 0.0255 e. The smallest absolute Gasteiger partial charge is 0.0255 e. The van der Waals surface area contributed by atoms with E-state index in [1.807, 2.05) is 24.3 Å². The van der Waals surface area contributed by atoms with Crippen molar-refractivity contribution in [3.8, 4) is 34.8 Å². The van der Waals surface area contributed by atoms with Crippen LogP contribution in [-0.2, 0) is 0 Å². The molecule has 18 heavy (non-hydrogen) atoms. The number of rotatable bonds is 1. The highest BCUT2D eigenvalue weighted by Crippen LogP contribution is 2.21. The molecule has 0 heterocycles. The molecule has 0 bridgehead atoms. The van der Waals surface area contributed by atoms with Gasteiger partial charge in [-0.25, -0.2) is 0 Å². The van der Waals surface area contributed by atoms with Crippen LogP contribution in [0, 0.1) is 23.7 Å². The molecule has 0 fully saturated rings. The first-order chi connectivity index (χ1) is 8.79. The topological polar surface area (TPSA) is 0 Å². The summed E-state index contributed by atoms with van der Waals surface area (Å²) in [6, 6.07) is 16.4. The van der Waals surface area contributed by atoms with Crippen LogP contribution in [0.5, 0.6) is 0 Å². The van der Waals surface area contributed by atoms with Crippen LogP contribution in [0.4, 0.5) is 0 Å². The Morgan fingerprint density at radius 3 is 1.89 bits per heavy atom. The van der Waals surface area contributed by atoms with Crippen LogP contribution >= 0.6 is 15.9 Å². The summed E-state index contributed by atoms with van der Waals surface area (Å²) < 4.78 is 1.09. The second kappa shape index (κ2) is 6.10. The van der Waals surface area contributed by atoms with Crippen molar-refractivity contribution in [2.75, 3.05) is 0 Å². The predicted molar refractivity (Wildman–Crippen MR) is 79.9 cm³/mol. The summed E-state index contributed by atoms with van der Waals surface area (Å²) in [5.41, 5.74) is 3.37. The van der Waals surface area contributed by atoms with Gasteiger partial charge in [0.15, 0.2) is 0 Å². The Balaban J connectivity index is 2.24. The van der Waals surface area contributed by atoms with Gasteiger partial charge in [0.2, 0.25) is 0 Å². The fourth-order valence-corrected chi connectivity index (χ4v) is 1.82. The lowest BCUT2D eigenvalue weighted by atomic mass is 10.0. The first-order valence-electron chi connectivity index (χ1n) is 5.58. The summed E-state index contributed by atoms with van der Waals surface area (Å²) in [4.78, 5) is 0. The number of hydrogen-bond acceptors (Lipinski definition) is 0. The molecule has 0 aromatic heterocycles. The zero-order valence-electron chi connectivity index (χ0n) is 10.00. The van der Waals surface area contributed by atoms with E-state index in [-0.39, 0.29) is 0 Å². The van der Waals surface area contributed by atoms with Gasteiger partial charge in [-0.15, -0.1) is 0 Å². The maximum absolute atomic E-state index is 3.43. The molecule has 0 aliphatic heterocycles. The minimum atomic E-state index is 0.985. The van der Waals surface area contributed by atoms with Crippen molar-refractivity contribution in [3.63, 3.8) is 0 Å². The Morgan fingerprint density at radius 2 is 1.33 bits per heavy atom. The molecule has 0 radical (unpaired) electrons. The van der Waals surface area contributed by atoms with Gasteiger partial charge in [0.1, 0.15) is 0 Å². The van der Waals surface area contributed by atoms with Crippen molar-refractivity contribution in [2.45, 2.75) is 6.92 Å². The lowest BCUT2D eigenvalue weighted by molar-refractivity contribution is 1.58. The fraction of sp³-hybridized carbons (Fsp3) is 0.0588. The molecule has 2 aromatic rings. The van der Waals surface area contributed by atoms with Crippen LogP contribution in [-0.4, -0.2) is 0 Å². The number of halogens is 1. The van der Waals surface area contributed by atoms with Gasteiger partial charge >= 0.3 is 0 Å². The predicted octanol–water partition coefficient (Wildman–Crippen LogP) is 4.49. The lowest BCUT2D eigenvalue weighted by Gasteiger charge is -2.01. The molecule has 86 valence electrons. The molecule has 0 nitrogen and oxygen atoms in total. The highest BCUT2D eigenvalue weighted by atomic mass is 79.9. The second-order valence-electron chi connectivity index (χ2n) is 3.71. The molecule has 0 N–H and O–H groups in total. The Labute approximate surface area is 116 Å². The molecule has 0 aliphatic carbocycles. The Bertz CT molecular complexity index is 641. The molecule has 0 aliphatic rings. The normalized spacial score (nSPS) is 8.78. The Morgan fingerprint density at radius 1 is 0.778 bits per heavy atom. The molecule has 0 unspecified atom stereocenters. The third-order valence-corrected chi connectivity index (χ3v) is 2.99. The third-order valence-electron chi connectivity index (χ3n) is 2.46. The van der Waals surface area contributed by atoms with Gasteiger partial charge < -0.3 is 0 Å². The van der Waals surface area contributed by atoms with Crippen molar-refractivity contribution in [1.29, 1.82) is 0 Å². The van der Waals surface area contributed by atoms with E-state index in [0.29, 0.717) is 0 Å². The summed E-state index contributed by atoms with van der Waals surface area (Å²) in [6.07, 6.45) is 0. The van der Waals surface area contributed by atoms with E-state index in [0.717, 1.165) is 10.0 Å². The van der Waals surface area contributed by atoms with E-state index in [2.05, 4.69) is 63.9 Å². The van der Waals surface area contributed by atoms with Crippen molar-refractivity contribution in [3.05, 3.63) is 58.6 Å². The molecule has 0 saturated heterocycles.